The molecule has 3 N–H and O–H groups in total. The molecular weight excluding hydrogens is 229 g/mol. The van der Waals surface area contributed by atoms with Crippen molar-refractivity contribution < 1.29 is 13.2 Å². The molecule has 17 heavy (non-hydrogen) atoms. The van der Waals surface area contributed by atoms with Crippen molar-refractivity contribution in [3.63, 3.8) is 0 Å². The first-order chi connectivity index (χ1) is 7.87. The van der Waals surface area contributed by atoms with Crippen LogP contribution in [0.1, 0.15) is 32.6 Å². The van der Waals surface area contributed by atoms with Gasteiger partial charge >= 0.3 is 6.18 Å². The van der Waals surface area contributed by atoms with Gasteiger partial charge in [0.2, 0.25) is 0 Å². The SMILES string of the molecule is CC(CC(F)(F)F)NCC1C2CCC(C2)C1N. The predicted octanol–water partition coefficient (Wildman–Crippen LogP) is 2.29. The van der Waals surface area contributed by atoms with Crippen LogP contribution in [-0.4, -0.2) is 24.8 Å². The summed E-state index contributed by atoms with van der Waals surface area (Å²) in [5.74, 6) is 1.63. The van der Waals surface area contributed by atoms with E-state index in [9.17, 15) is 13.2 Å². The summed E-state index contributed by atoms with van der Waals surface area (Å²) in [6, 6.07) is -0.319. The Morgan fingerprint density at radius 1 is 1.29 bits per heavy atom. The van der Waals surface area contributed by atoms with Crippen LogP contribution in [0.4, 0.5) is 13.2 Å². The summed E-state index contributed by atoms with van der Waals surface area (Å²) in [5.41, 5.74) is 6.12. The number of hydrogen-bond donors (Lipinski definition) is 2. The van der Waals surface area contributed by atoms with E-state index >= 15 is 0 Å². The van der Waals surface area contributed by atoms with Crippen LogP contribution in [-0.2, 0) is 0 Å². The van der Waals surface area contributed by atoms with E-state index < -0.39 is 18.6 Å². The Kier molecular flexibility index (Phi) is 3.69. The third-order valence-corrected chi connectivity index (χ3v) is 4.40. The lowest BCUT2D eigenvalue weighted by Gasteiger charge is -2.29. The minimum absolute atomic E-state index is 0.194. The third kappa shape index (κ3) is 3.13. The van der Waals surface area contributed by atoms with Gasteiger partial charge in [-0.3, -0.25) is 0 Å². The zero-order chi connectivity index (χ0) is 12.6. The Bertz CT molecular complexity index is 265. The van der Waals surface area contributed by atoms with Crippen LogP contribution in [0.15, 0.2) is 0 Å². The largest absolute Gasteiger partial charge is 0.390 e. The summed E-state index contributed by atoms with van der Waals surface area (Å²) >= 11 is 0. The maximum absolute atomic E-state index is 12.2. The second-order valence-electron chi connectivity index (χ2n) is 5.70. The van der Waals surface area contributed by atoms with Gasteiger partial charge in [-0.15, -0.1) is 0 Å². The molecule has 0 saturated heterocycles. The van der Waals surface area contributed by atoms with Gasteiger partial charge in [0.15, 0.2) is 0 Å². The number of hydrogen-bond acceptors (Lipinski definition) is 2. The molecule has 0 heterocycles. The standard InChI is InChI=1S/C12H21F3N2/c1-7(5-12(13,14)15)17-6-10-8-2-3-9(4-8)11(10)16/h7-11,17H,2-6,16H2,1H3. The lowest BCUT2D eigenvalue weighted by Crippen LogP contribution is -2.44. The quantitative estimate of drug-likeness (QED) is 0.803. The molecule has 0 aliphatic heterocycles. The van der Waals surface area contributed by atoms with Gasteiger partial charge in [-0.05, 0) is 50.5 Å². The molecule has 2 bridgehead atoms. The first kappa shape index (κ1) is 13.1. The Balaban J connectivity index is 1.75. The van der Waals surface area contributed by atoms with E-state index in [0.717, 1.165) is 0 Å². The molecule has 2 fully saturated rings. The van der Waals surface area contributed by atoms with Gasteiger partial charge in [-0.25, -0.2) is 0 Å². The molecule has 2 saturated carbocycles. The Labute approximate surface area is 100 Å². The fourth-order valence-electron chi connectivity index (χ4n) is 3.51. The molecule has 0 aromatic rings. The van der Waals surface area contributed by atoms with E-state index in [-0.39, 0.29) is 6.04 Å². The van der Waals surface area contributed by atoms with Gasteiger partial charge in [-0.2, -0.15) is 13.2 Å². The van der Waals surface area contributed by atoms with Crippen LogP contribution in [0.3, 0.4) is 0 Å². The minimum atomic E-state index is -4.08. The average molecular weight is 250 g/mol. The van der Waals surface area contributed by atoms with Crippen molar-refractivity contribution in [1.82, 2.24) is 5.32 Å². The fraction of sp³-hybridized carbons (Fsp3) is 1.00. The molecule has 100 valence electrons. The fourth-order valence-corrected chi connectivity index (χ4v) is 3.51. The second-order valence-corrected chi connectivity index (χ2v) is 5.70. The topological polar surface area (TPSA) is 38.0 Å². The van der Waals surface area contributed by atoms with Crippen LogP contribution in [0.2, 0.25) is 0 Å². The highest BCUT2D eigenvalue weighted by atomic mass is 19.4. The Hall–Kier alpha value is -0.290. The molecule has 2 rings (SSSR count). The summed E-state index contributed by atoms with van der Waals surface area (Å²) in [5, 5.41) is 3.00. The molecule has 2 nitrogen and oxygen atoms in total. The van der Waals surface area contributed by atoms with Crippen molar-refractivity contribution in [2.45, 2.75) is 50.9 Å². The lowest BCUT2D eigenvalue weighted by molar-refractivity contribution is -0.139. The van der Waals surface area contributed by atoms with Crippen molar-refractivity contribution in [1.29, 1.82) is 0 Å². The van der Waals surface area contributed by atoms with E-state index in [2.05, 4.69) is 5.32 Å². The smallest absolute Gasteiger partial charge is 0.327 e. The first-order valence-corrected chi connectivity index (χ1v) is 6.42. The molecule has 5 heteroatoms. The number of nitrogens with one attached hydrogen (secondary N) is 1. The van der Waals surface area contributed by atoms with Crippen molar-refractivity contribution in [2.24, 2.45) is 23.5 Å². The molecule has 5 unspecified atom stereocenters. The maximum atomic E-state index is 12.2. The monoisotopic (exact) mass is 250 g/mol. The molecule has 0 aromatic carbocycles. The van der Waals surface area contributed by atoms with Crippen LogP contribution < -0.4 is 11.1 Å². The van der Waals surface area contributed by atoms with Gasteiger partial charge in [0, 0.05) is 12.1 Å². The summed E-state index contributed by atoms with van der Waals surface area (Å²) in [6.45, 7) is 2.23. The summed E-state index contributed by atoms with van der Waals surface area (Å²) in [4.78, 5) is 0. The molecule has 5 atom stereocenters. The molecule has 0 amide bonds. The second kappa shape index (κ2) is 4.76. The predicted molar refractivity (Wildman–Crippen MR) is 60.4 cm³/mol. The van der Waals surface area contributed by atoms with Crippen LogP contribution >= 0.6 is 0 Å². The molecule has 0 spiro atoms. The van der Waals surface area contributed by atoms with E-state index in [1.165, 1.54) is 19.3 Å². The molecule has 0 aromatic heterocycles. The van der Waals surface area contributed by atoms with Gasteiger partial charge in [0.25, 0.3) is 0 Å². The normalized spacial score (nSPS) is 38.6. The van der Waals surface area contributed by atoms with Gasteiger partial charge in [-0.1, -0.05) is 0 Å². The van der Waals surface area contributed by atoms with E-state index in [4.69, 9.17) is 5.73 Å². The van der Waals surface area contributed by atoms with Crippen molar-refractivity contribution in [2.75, 3.05) is 6.54 Å². The highest BCUT2D eigenvalue weighted by Gasteiger charge is 2.45. The molecule has 0 radical (unpaired) electrons. The number of rotatable bonds is 4. The Morgan fingerprint density at radius 2 is 1.94 bits per heavy atom. The summed E-state index contributed by atoms with van der Waals surface area (Å²) in [7, 11) is 0. The zero-order valence-electron chi connectivity index (χ0n) is 10.1. The van der Waals surface area contributed by atoms with Gasteiger partial charge < -0.3 is 11.1 Å². The van der Waals surface area contributed by atoms with E-state index in [1.54, 1.807) is 6.92 Å². The Morgan fingerprint density at radius 3 is 2.47 bits per heavy atom. The van der Waals surface area contributed by atoms with Gasteiger partial charge in [0.1, 0.15) is 0 Å². The van der Waals surface area contributed by atoms with Crippen molar-refractivity contribution in [3.8, 4) is 0 Å². The molecule has 2 aliphatic carbocycles. The number of halogens is 3. The molecular formula is C12H21F3N2. The van der Waals surface area contributed by atoms with Crippen LogP contribution in [0.5, 0.6) is 0 Å². The average Bonchev–Trinajstić information content (AvgIpc) is 2.73. The van der Waals surface area contributed by atoms with Crippen molar-refractivity contribution >= 4 is 0 Å². The number of fused-ring (bicyclic) bond motifs is 2. The van der Waals surface area contributed by atoms with E-state index in [0.29, 0.717) is 24.3 Å². The highest BCUT2D eigenvalue weighted by Crippen LogP contribution is 2.47. The maximum Gasteiger partial charge on any atom is 0.390 e. The molecule has 2 aliphatic rings. The first-order valence-electron chi connectivity index (χ1n) is 6.42. The van der Waals surface area contributed by atoms with Crippen LogP contribution in [0.25, 0.3) is 0 Å². The number of alkyl halides is 3. The lowest BCUT2D eigenvalue weighted by atomic mass is 9.85. The minimum Gasteiger partial charge on any atom is -0.327 e. The zero-order valence-corrected chi connectivity index (χ0v) is 10.1. The highest BCUT2D eigenvalue weighted by molar-refractivity contribution is 4.99. The van der Waals surface area contributed by atoms with Gasteiger partial charge in [0.05, 0.1) is 6.42 Å². The number of nitrogens with two attached hydrogens (primary N) is 1. The van der Waals surface area contributed by atoms with Crippen molar-refractivity contribution in [3.05, 3.63) is 0 Å². The van der Waals surface area contributed by atoms with E-state index in [1.807, 2.05) is 0 Å². The van der Waals surface area contributed by atoms with Crippen LogP contribution in [0, 0.1) is 17.8 Å². The summed E-state index contributed by atoms with van der Waals surface area (Å²) < 4.78 is 36.5. The third-order valence-electron chi connectivity index (χ3n) is 4.40. The summed E-state index contributed by atoms with van der Waals surface area (Å²) in [6.07, 6.45) is -1.24.